The maximum atomic E-state index is 12.9. The number of benzene rings is 1. The van der Waals surface area contributed by atoms with Crippen molar-refractivity contribution in [2.45, 2.75) is 45.7 Å². The zero-order chi connectivity index (χ0) is 26.9. The summed E-state index contributed by atoms with van der Waals surface area (Å²) in [4.78, 5) is 28.5. The third-order valence-corrected chi connectivity index (χ3v) is 6.70. The van der Waals surface area contributed by atoms with Gasteiger partial charge in [-0.1, -0.05) is 42.4 Å². The fourth-order valence-corrected chi connectivity index (χ4v) is 4.76. The Morgan fingerprint density at radius 2 is 1.87 bits per heavy atom. The first-order chi connectivity index (χ1) is 18.3. The number of amides is 1. The predicted octanol–water partition coefficient (Wildman–Crippen LogP) is 4.83. The highest BCUT2D eigenvalue weighted by molar-refractivity contribution is 5.99. The summed E-state index contributed by atoms with van der Waals surface area (Å²) in [6.07, 6.45) is 2.51. The summed E-state index contributed by atoms with van der Waals surface area (Å²) in [5, 5.41) is 20.7. The fourth-order valence-electron chi connectivity index (χ4n) is 4.76. The fraction of sp³-hybridized carbons (Fsp3) is 0.321. The molecule has 0 unspecified atom stereocenters. The van der Waals surface area contributed by atoms with E-state index in [1.54, 1.807) is 19.2 Å². The van der Waals surface area contributed by atoms with Gasteiger partial charge in [0.2, 0.25) is 0 Å². The second-order valence-corrected chi connectivity index (χ2v) is 9.79. The van der Waals surface area contributed by atoms with Crippen LogP contribution < -0.4 is 10.6 Å². The Bertz CT molecular complexity index is 1450. The molecule has 4 heterocycles. The number of anilines is 3. The minimum atomic E-state index is -0.510. The molecular weight excluding hydrogens is 482 g/mol. The van der Waals surface area contributed by atoms with Crippen molar-refractivity contribution in [2.24, 2.45) is 0 Å². The van der Waals surface area contributed by atoms with Gasteiger partial charge in [0.1, 0.15) is 11.6 Å². The molecule has 4 aromatic rings. The summed E-state index contributed by atoms with van der Waals surface area (Å²) >= 11 is 0. The van der Waals surface area contributed by atoms with E-state index in [0.717, 1.165) is 17.7 Å². The molecule has 0 fully saturated rings. The second-order valence-electron chi connectivity index (χ2n) is 9.79. The van der Waals surface area contributed by atoms with Gasteiger partial charge in [-0.25, -0.2) is 9.97 Å². The normalized spacial score (nSPS) is 14.9. The molecule has 1 atom stereocenters. The van der Waals surface area contributed by atoms with Crippen LogP contribution in [0, 0.1) is 6.92 Å². The lowest BCUT2D eigenvalue weighted by atomic mass is 9.99. The number of rotatable bonds is 9. The zero-order valence-corrected chi connectivity index (χ0v) is 21.9. The van der Waals surface area contributed by atoms with Crippen LogP contribution in [0.2, 0.25) is 0 Å². The number of hydrogen-bond acceptors (Lipinski definition) is 9. The Morgan fingerprint density at radius 3 is 2.55 bits per heavy atom. The van der Waals surface area contributed by atoms with Crippen LogP contribution in [-0.4, -0.2) is 49.2 Å². The smallest absolute Gasteiger partial charge is 0.261 e. The SMILES string of the molecule is CCCN1C(=O)c2ccc(Nc3cc(N[C@H](CO)c4ccccc4)c(-c4nc(C)no4)cn3)nc2C1(C)C. The highest BCUT2D eigenvalue weighted by atomic mass is 16.5. The minimum absolute atomic E-state index is 0.00525. The number of hydrogen-bond donors (Lipinski definition) is 3. The average molecular weight is 514 g/mol. The number of nitrogens with zero attached hydrogens (tertiary/aromatic N) is 5. The first-order valence-electron chi connectivity index (χ1n) is 12.7. The van der Waals surface area contributed by atoms with Gasteiger partial charge in [-0.3, -0.25) is 4.79 Å². The minimum Gasteiger partial charge on any atom is -0.394 e. The maximum absolute atomic E-state index is 12.9. The zero-order valence-electron chi connectivity index (χ0n) is 21.9. The number of carbonyl (C=O) groups is 1. The Morgan fingerprint density at radius 1 is 1.08 bits per heavy atom. The Balaban J connectivity index is 1.48. The van der Waals surface area contributed by atoms with E-state index in [1.807, 2.05) is 61.2 Å². The Labute approximate surface area is 221 Å². The molecule has 1 amide bonds. The molecule has 0 spiro atoms. The Kier molecular flexibility index (Phi) is 6.81. The molecule has 0 saturated carbocycles. The van der Waals surface area contributed by atoms with Gasteiger partial charge in [0, 0.05) is 18.8 Å². The monoisotopic (exact) mass is 513 g/mol. The summed E-state index contributed by atoms with van der Waals surface area (Å²) in [7, 11) is 0. The number of aromatic nitrogens is 4. The number of aliphatic hydroxyl groups is 1. The molecule has 3 aromatic heterocycles. The van der Waals surface area contributed by atoms with Crippen molar-refractivity contribution in [3.05, 3.63) is 77.4 Å². The van der Waals surface area contributed by atoms with Gasteiger partial charge < -0.3 is 25.2 Å². The van der Waals surface area contributed by atoms with Crippen LogP contribution in [0.3, 0.4) is 0 Å². The van der Waals surface area contributed by atoms with Crippen LogP contribution in [0.25, 0.3) is 11.5 Å². The second kappa shape index (κ2) is 10.2. The van der Waals surface area contributed by atoms with E-state index < -0.39 is 5.54 Å². The van der Waals surface area contributed by atoms with Crippen molar-refractivity contribution in [2.75, 3.05) is 23.8 Å². The van der Waals surface area contributed by atoms with Gasteiger partial charge in [0.25, 0.3) is 11.8 Å². The Hall–Kier alpha value is -4.31. The molecule has 3 N–H and O–H groups in total. The first-order valence-corrected chi connectivity index (χ1v) is 12.7. The molecule has 1 aromatic carbocycles. The van der Waals surface area contributed by atoms with Crippen molar-refractivity contribution >= 4 is 23.2 Å². The van der Waals surface area contributed by atoms with Crippen molar-refractivity contribution in [1.29, 1.82) is 0 Å². The molecule has 196 valence electrons. The summed E-state index contributed by atoms with van der Waals surface area (Å²) in [6, 6.07) is 14.7. The molecule has 0 saturated heterocycles. The average Bonchev–Trinajstić information content (AvgIpc) is 3.43. The molecule has 0 radical (unpaired) electrons. The largest absolute Gasteiger partial charge is 0.394 e. The predicted molar refractivity (Wildman–Crippen MR) is 144 cm³/mol. The van der Waals surface area contributed by atoms with Gasteiger partial charge in [-0.2, -0.15) is 4.98 Å². The molecule has 1 aliphatic rings. The standard InChI is InChI=1S/C28H31N7O3/c1-5-13-35-27(37)19-11-12-23(33-25(19)28(35,3)4)32-24-14-21(20(15-29-24)26-30-17(2)34-38-26)31-22(16-36)18-9-7-6-8-10-18/h6-12,14-15,22,36H,5,13,16H2,1-4H3,(H2,29,31,32,33)/t22-/m1/s1. The summed E-state index contributed by atoms with van der Waals surface area (Å²) < 4.78 is 5.41. The number of carbonyl (C=O) groups excluding carboxylic acids is 1. The number of aryl methyl sites for hydroxylation is 1. The van der Waals surface area contributed by atoms with Crippen LogP contribution >= 0.6 is 0 Å². The number of aliphatic hydroxyl groups excluding tert-OH is 1. The third kappa shape index (κ3) is 4.70. The molecule has 0 bridgehead atoms. The van der Waals surface area contributed by atoms with Gasteiger partial charge in [-0.05, 0) is 44.9 Å². The molecular formula is C28H31N7O3. The quantitative estimate of drug-likeness (QED) is 0.288. The topological polar surface area (TPSA) is 129 Å². The van der Waals surface area contributed by atoms with Crippen LogP contribution in [0.15, 0.2) is 59.3 Å². The highest BCUT2D eigenvalue weighted by Gasteiger charge is 2.43. The highest BCUT2D eigenvalue weighted by Crippen LogP contribution is 2.38. The number of nitrogens with one attached hydrogen (secondary N) is 2. The molecule has 10 nitrogen and oxygen atoms in total. The van der Waals surface area contributed by atoms with Gasteiger partial charge in [0.15, 0.2) is 5.82 Å². The lowest BCUT2D eigenvalue weighted by Crippen LogP contribution is -2.39. The molecule has 38 heavy (non-hydrogen) atoms. The number of fused-ring (bicyclic) bond motifs is 1. The van der Waals surface area contributed by atoms with Gasteiger partial charge in [-0.15, -0.1) is 0 Å². The van der Waals surface area contributed by atoms with E-state index >= 15 is 0 Å². The van der Waals surface area contributed by atoms with Crippen LogP contribution in [0.5, 0.6) is 0 Å². The molecule has 10 heteroatoms. The van der Waals surface area contributed by atoms with Gasteiger partial charge >= 0.3 is 0 Å². The van der Waals surface area contributed by atoms with Gasteiger partial charge in [0.05, 0.1) is 40.7 Å². The number of pyridine rings is 2. The van der Waals surface area contributed by atoms with E-state index in [0.29, 0.717) is 46.7 Å². The van der Waals surface area contributed by atoms with E-state index in [-0.39, 0.29) is 18.6 Å². The van der Waals surface area contributed by atoms with E-state index in [9.17, 15) is 9.90 Å². The van der Waals surface area contributed by atoms with Crippen LogP contribution in [0.4, 0.5) is 17.3 Å². The lowest BCUT2D eigenvalue weighted by molar-refractivity contribution is 0.0615. The van der Waals surface area contributed by atoms with Crippen molar-refractivity contribution in [3.63, 3.8) is 0 Å². The van der Waals surface area contributed by atoms with Crippen LogP contribution in [-0.2, 0) is 5.54 Å². The molecule has 5 rings (SSSR count). The van der Waals surface area contributed by atoms with E-state index in [4.69, 9.17) is 9.51 Å². The van der Waals surface area contributed by atoms with Crippen molar-refractivity contribution in [3.8, 4) is 11.5 Å². The maximum Gasteiger partial charge on any atom is 0.261 e. The lowest BCUT2D eigenvalue weighted by Gasteiger charge is -2.31. The third-order valence-electron chi connectivity index (χ3n) is 6.70. The summed E-state index contributed by atoms with van der Waals surface area (Å²) in [5.74, 6) is 1.93. The van der Waals surface area contributed by atoms with Crippen molar-refractivity contribution in [1.82, 2.24) is 25.0 Å². The molecule has 1 aliphatic heterocycles. The first kappa shape index (κ1) is 25.3. The van der Waals surface area contributed by atoms with E-state index in [1.165, 1.54) is 0 Å². The van der Waals surface area contributed by atoms with E-state index in [2.05, 4.69) is 32.7 Å². The summed E-state index contributed by atoms with van der Waals surface area (Å²) in [5.41, 5.74) is 3.04. The summed E-state index contributed by atoms with van der Waals surface area (Å²) in [6.45, 7) is 8.39. The molecule has 0 aliphatic carbocycles. The van der Waals surface area contributed by atoms with Crippen LogP contribution in [0.1, 0.15) is 60.7 Å². The van der Waals surface area contributed by atoms with Crippen molar-refractivity contribution < 1.29 is 14.4 Å².